The maximum atomic E-state index is 6.51. The van der Waals surface area contributed by atoms with Gasteiger partial charge in [-0.2, -0.15) is 0 Å². The molecule has 1 fully saturated rings. The fourth-order valence-corrected chi connectivity index (χ4v) is 3.87. The third-order valence-corrected chi connectivity index (χ3v) is 5.21. The molecule has 1 aliphatic heterocycles. The molecule has 0 spiro atoms. The lowest BCUT2D eigenvalue weighted by molar-refractivity contribution is 0.101. The first-order valence-corrected chi connectivity index (χ1v) is 7.61. The van der Waals surface area contributed by atoms with Gasteiger partial charge >= 0.3 is 0 Å². The van der Waals surface area contributed by atoms with Gasteiger partial charge in [-0.3, -0.25) is 4.90 Å². The van der Waals surface area contributed by atoms with Crippen LogP contribution in [0.3, 0.4) is 0 Å². The molecule has 0 bridgehead atoms. The molecule has 1 aromatic carbocycles. The van der Waals surface area contributed by atoms with E-state index in [1.165, 1.54) is 36.9 Å². The van der Waals surface area contributed by atoms with Crippen LogP contribution in [-0.2, 0) is 13.1 Å². The summed E-state index contributed by atoms with van der Waals surface area (Å²) < 4.78 is 0. The second-order valence-electron chi connectivity index (χ2n) is 7.11. The van der Waals surface area contributed by atoms with Gasteiger partial charge in [0.05, 0.1) is 0 Å². The molecule has 0 amide bonds. The van der Waals surface area contributed by atoms with Crippen molar-refractivity contribution in [1.82, 2.24) is 4.90 Å². The summed E-state index contributed by atoms with van der Waals surface area (Å²) in [5.41, 5.74) is 9.84. The lowest BCUT2D eigenvalue weighted by Gasteiger charge is -2.43. The Morgan fingerprint density at radius 3 is 2.47 bits per heavy atom. The minimum atomic E-state index is 0.315. The van der Waals surface area contributed by atoms with E-state index < -0.39 is 0 Å². The van der Waals surface area contributed by atoms with Crippen LogP contribution < -0.4 is 5.73 Å². The predicted octanol–water partition coefficient (Wildman–Crippen LogP) is 3.16. The highest BCUT2D eigenvalue weighted by Crippen LogP contribution is 2.38. The van der Waals surface area contributed by atoms with E-state index in [2.05, 4.69) is 43.0 Å². The first-order valence-electron chi connectivity index (χ1n) is 7.61. The third-order valence-electron chi connectivity index (χ3n) is 5.21. The van der Waals surface area contributed by atoms with Gasteiger partial charge in [-0.25, -0.2) is 0 Å². The van der Waals surface area contributed by atoms with Crippen LogP contribution in [-0.4, -0.2) is 17.5 Å². The molecular weight excluding hydrogens is 232 g/mol. The fraction of sp³-hybridized carbons (Fsp3) is 0.647. The Balaban J connectivity index is 1.64. The van der Waals surface area contributed by atoms with Gasteiger partial charge < -0.3 is 5.73 Å². The Hall–Kier alpha value is -0.860. The SMILES string of the molecule is CC1(C)CCCC(CN2Cc3ccccc3C2)C1N. The van der Waals surface area contributed by atoms with Gasteiger partial charge in [0, 0.05) is 25.7 Å². The summed E-state index contributed by atoms with van der Waals surface area (Å²) >= 11 is 0. The first-order chi connectivity index (χ1) is 9.06. The number of nitrogens with two attached hydrogens (primary N) is 1. The predicted molar refractivity (Wildman–Crippen MR) is 79.7 cm³/mol. The summed E-state index contributed by atoms with van der Waals surface area (Å²) in [6.45, 7) is 8.06. The molecule has 2 aliphatic rings. The first kappa shape index (κ1) is 13.1. The molecule has 0 saturated heterocycles. The van der Waals surface area contributed by atoms with Gasteiger partial charge in [-0.05, 0) is 35.3 Å². The highest BCUT2D eigenvalue weighted by atomic mass is 15.1. The molecule has 1 aromatic rings. The summed E-state index contributed by atoms with van der Waals surface area (Å²) in [5.74, 6) is 0.665. The maximum Gasteiger partial charge on any atom is 0.0240 e. The molecule has 2 unspecified atom stereocenters. The maximum absolute atomic E-state index is 6.51. The number of benzene rings is 1. The van der Waals surface area contributed by atoms with Gasteiger partial charge in [-0.15, -0.1) is 0 Å². The summed E-state index contributed by atoms with van der Waals surface area (Å²) in [6.07, 6.45) is 3.93. The minimum absolute atomic E-state index is 0.315. The Kier molecular flexibility index (Phi) is 3.40. The Morgan fingerprint density at radius 2 is 1.84 bits per heavy atom. The largest absolute Gasteiger partial charge is 0.327 e. The van der Waals surface area contributed by atoms with Gasteiger partial charge in [0.2, 0.25) is 0 Å². The Morgan fingerprint density at radius 1 is 1.21 bits per heavy atom. The van der Waals surface area contributed by atoms with Crippen LogP contribution in [0.15, 0.2) is 24.3 Å². The molecular formula is C17H26N2. The summed E-state index contributed by atoms with van der Waals surface area (Å²) in [5, 5.41) is 0. The van der Waals surface area contributed by atoms with Gasteiger partial charge in [0.25, 0.3) is 0 Å². The third kappa shape index (κ3) is 2.56. The van der Waals surface area contributed by atoms with Crippen LogP contribution in [0.4, 0.5) is 0 Å². The van der Waals surface area contributed by atoms with Gasteiger partial charge in [0.15, 0.2) is 0 Å². The normalized spacial score (nSPS) is 30.3. The van der Waals surface area contributed by atoms with Crippen molar-refractivity contribution in [3.8, 4) is 0 Å². The van der Waals surface area contributed by atoms with E-state index in [1.807, 2.05) is 0 Å². The molecule has 2 nitrogen and oxygen atoms in total. The summed E-state index contributed by atoms with van der Waals surface area (Å²) in [7, 11) is 0. The monoisotopic (exact) mass is 258 g/mol. The van der Waals surface area contributed by atoms with Crippen LogP contribution in [0.1, 0.15) is 44.2 Å². The van der Waals surface area contributed by atoms with E-state index in [0.717, 1.165) is 13.1 Å². The van der Waals surface area contributed by atoms with Crippen molar-refractivity contribution in [2.45, 2.75) is 52.2 Å². The number of nitrogens with zero attached hydrogens (tertiary/aromatic N) is 1. The second kappa shape index (κ2) is 4.92. The molecule has 3 rings (SSSR count). The Bertz CT molecular complexity index is 427. The van der Waals surface area contributed by atoms with Crippen LogP contribution in [0.5, 0.6) is 0 Å². The molecule has 2 N–H and O–H groups in total. The van der Waals surface area contributed by atoms with Crippen molar-refractivity contribution < 1.29 is 0 Å². The van der Waals surface area contributed by atoms with Crippen LogP contribution in [0.25, 0.3) is 0 Å². The molecule has 19 heavy (non-hydrogen) atoms. The lowest BCUT2D eigenvalue weighted by atomic mass is 9.68. The Labute approximate surface area is 117 Å². The molecule has 2 atom stereocenters. The minimum Gasteiger partial charge on any atom is -0.327 e. The number of rotatable bonds is 2. The van der Waals surface area contributed by atoms with E-state index in [1.54, 1.807) is 0 Å². The average molecular weight is 258 g/mol. The van der Waals surface area contributed by atoms with Gasteiger partial charge in [0.1, 0.15) is 0 Å². The zero-order chi connectivity index (χ0) is 13.5. The van der Waals surface area contributed by atoms with Crippen molar-refractivity contribution in [1.29, 1.82) is 0 Å². The van der Waals surface area contributed by atoms with E-state index >= 15 is 0 Å². The second-order valence-corrected chi connectivity index (χ2v) is 7.11. The summed E-state index contributed by atoms with van der Waals surface area (Å²) in [4.78, 5) is 2.58. The van der Waals surface area contributed by atoms with Crippen molar-refractivity contribution in [3.05, 3.63) is 35.4 Å². The number of hydrogen-bond donors (Lipinski definition) is 1. The number of hydrogen-bond acceptors (Lipinski definition) is 2. The standard InChI is InChI=1S/C17H26N2/c1-17(2)9-5-8-15(16(17)18)12-19-10-13-6-3-4-7-14(13)11-19/h3-4,6-7,15-16H,5,8-12,18H2,1-2H3. The van der Waals surface area contributed by atoms with Crippen molar-refractivity contribution in [3.63, 3.8) is 0 Å². The van der Waals surface area contributed by atoms with Gasteiger partial charge in [-0.1, -0.05) is 44.5 Å². The summed E-state index contributed by atoms with van der Waals surface area (Å²) in [6, 6.07) is 9.18. The molecule has 104 valence electrons. The quantitative estimate of drug-likeness (QED) is 0.883. The van der Waals surface area contributed by atoms with Crippen molar-refractivity contribution in [2.75, 3.05) is 6.54 Å². The number of fused-ring (bicyclic) bond motifs is 1. The molecule has 1 heterocycles. The molecule has 1 saturated carbocycles. The van der Waals surface area contributed by atoms with E-state index in [0.29, 0.717) is 17.4 Å². The molecule has 0 aromatic heterocycles. The van der Waals surface area contributed by atoms with Crippen LogP contribution in [0.2, 0.25) is 0 Å². The molecule has 0 radical (unpaired) electrons. The zero-order valence-corrected chi connectivity index (χ0v) is 12.2. The van der Waals surface area contributed by atoms with Crippen LogP contribution >= 0.6 is 0 Å². The van der Waals surface area contributed by atoms with E-state index in [9.17, 15) is 0 Å². The molecule has 2 heteroatoms. The average Bonchev–Trinajstić information content (AvgIpc) is 2.77. The topological polar surface area (TPSA) is 29.3 Å². The lowest BCUT2D eigenvalue weighted by Crippen LogP contribution is -2.49. The van der Waals surface area contributed by atoms with Crippen molar-refractivity contribution >= 4 is 0 Å². The van der Waals surface area contributed by atoms with Crippen LogP contribution in [0, 0.1) is 11.3 Å². The smallest absolute Gasteiger partial charge is 0.0240 e. The zero-order valence-electron chi connectivity index (χ0n) is 12.2. The van der Waals surface area contributed by atoms with E-state index in [4.69, 9.17) is 5.73 Å². The highest BCUT2D eigenvalue weighted by Gasteiger charge is 2.37. The fourth-order valence-electron chi connectivity index (χ4n) is 3.87. The van der Waals surface area contributed by atoms with E-state index in [-0.39, 0.29) is 0 Å². The van der Waals surface area contributed by atoms with Crippen molar-refractivity contribution in [2.24, 2.45) is 17.1 Å². The molecule has 1 aliphatic carbocycles. The highest BCUT2D eigenvalue weighted by molar-refractivity contribution is 5.30.